The number of hydrogen-bond donors (Lipinski definition) is 0. The van der Waals surface area contributed by atoms with Gasteiger partial charge < -0.3 is 8.83 Å². The van der Waals surface area contributed by atoms with Crippen molar-refractivity contribution < 1.29 is 26.6 Å². The van der Waals surface area contributed by atoms with Gasteiger partial charge >= 0.3 is 6.18 Å². The van der Waals surface area contributed by atoms with Crippen molar-refractivity contribution in [3.05, 3.63) is 83.2 Å². The Morgan fingerprint density at radius 3 is 2.06 bits per heavy atom. The highest BCUT2D eigenvalue weighted by Crippen LogP contribution is 2.44. The summed E-state index contributed by atoms with van der Waals surface area (Å²) in [6.45, 7) is 20.6. The minimum absolute atomic E-state index is 0.274. The molecule has 0 aliphatic carbocycles. The molecule has 0 radical (unpaired) electrons. The van der Waals surface area contributed by atoms with E-state index in [4.69, 9.17) is 8.83 Å². The van der Waals surface area contributed by atoms with Crippen LogP contribution in [-0.4, -0.2) is 23.8 Å². The summed E-state index contributed by atoms with van der Waals surface area (Å²) in [6.07, 6.45) is -4.51. The van der Waals surface area contributed by atoms with Crippen molar-refractivity contribution in [2.75, 3.05) is 0 Å². The first-order chi connectivity index (χ1) is 23.3. The Morgan fingerprint density at radius 2 is 1.46 bits per heavy atom. The van der Waals surface area contributed by atoms with Crippen molar-refractivity contribution in [3.8, 4) is 17.1 Å². The Balaban J connectivity index is 1.57. The second kappa shape index (κ2) is 11.3. The van der Waals surface area contributed by atoms with Crippen molar-refractivity contribution in [2.24, 2.45) is 7.05 Å². The highest BCUT2D eigenvalue weighted by molar-refractivity contribution is 6.88. The van der Waals surface area contributed by atoms with E-state index in [1.807, 2.05) is 6.07 Å². The van der Waals surface area contributed by atoms with Crippen molar-refractivity contribution in [2.45, 2.75) is 91.5 Å². The van der Waals surface area contributed by atoms with Gasteiger partial charge in [0.2, 0.25) is 5.89 Å². The number of aryl methyl sites for hydroxylation is 2. The maximum absolute atomic E-state index is 13.9. The number of imidazole rings is 1. The minimum Gasteiger partial charge on any atom is -0.455 e. The van der Waals surface area contributed by atoms with E-state index in [-0.39, 0.29) is 17.7 Å². The van der Waals surface area contributed by atoms with Gasteiger partial charge in [-0.25, -0.2) is 9.55 Å². The number of nitrogens with zero attached hydrogens (tertiary/aromatic N) is 3. The van der Waals surface area contributed by atoms with Gasteiger partial charge in [-0.05, 0) is 56.4 Å². The molecule has 0 amide bonds. The van der Waals surface area contributed by atoms with Crippen LogP contribution >= 0.6 is 0 Å². The molecule has 0 unspecified atom stereocenters. The SMILES string of the molecule is Cc1ccc2c(oc3cc4nc(C(C)(C)C(F)(F)F)oc4cc32)c1-c1n(-c2c(C(C)C)cc([Si](C)(C)C)cc2C(C)C)c2ccccc2[n+]1C. The van der Waals surface area contributed by atoms with E-state index >= 15 is 0 Å². The van der Waals surface area contributed by atoms with Gasteiger partial charge in [0.15, 0.2) is 22.2 Å². The Labute approximate surface area is 291 Å². The van der Waals surface area contributed by atoms with E-state index < -0.39 is 19.7 Å². The summed E-state index contributed by atoms with van der Waals surface area (Å²) in [6, 6.07) is 21.0. The third-order valence-corrected chi connectivity index (χ3v) is 12.4. The molecule has 4 aromatic carbocycles. The van der Waals surface area contributed by atoms with Crippen LogP contribution in [0, 0.1) is 6.92 Å². The first-order valence-corrected chi connectivity index (χ1v) is 20.8. The fraction of sp³-hybridized carbons (Fsp3) is 0.366. The molecular formula is C41H45F3N3O2Si+. The van der Waals surface area contributed by atoms with Crippen LogP contribution in [-0.2, 0) is 12.5 Å². The van der Waals surface area contributed by atoms with Crippen LogP contribution in [0.1, 0.15) is 76.0 Å². The van der Waals surface area contributed by atoms with Gasteiger partial charge in [-0.2, -0.15) is 17.7 Å². The molecule has 0 atom stereocenters. The lowest BCUT2D eigenvalue weighted by molar-refractivity contribution is -0.633. The second-order valence-electron chi connectivity index (χ2n) is 16.0. The number of para-hydroxylation sites is 2. The predicted octanol–water partition coefficient (Wildman–Crippen LogP) is 11.1. The average molecular weight is 697 g/mol. The van der Waals surface area contributed by atoms with E-state index in [1.165, 1.54) is 22.0 Å². The molecule has 3 aromatic heterocycles. The molecule has 0 aliphatic heterocycles. The van der Waals surface area contributed by atoms with Crippen LogP contribution in [0.3, 0.4) is 0 Å². The van der Waals surface area contributed by atoms with Crippen LogP contribution in [0.15, 0.2) is 69.5 Å². The fourth-order valence-corrected chi connectivity index (χ4v) is 8.27. The number of benzene rings is 4. The summed E-state index contributed by atoms with van der Waals surface area (Å²) < 4.78 is 58.8. The minimum atomic E-state index is -4.51. The van der Waals surface area contributed by atoms with Gasteiger partial charge in [0.05, 0.1) is 15.1 Å². The highest BCUT2D eigenvalue weighted by atomic mass is 28.3. The van der Waals surface area contributed by atoms with Crippen molar-refractivity contribution >= 4 is 57.3 Å². The molecule has 260 valence electrons. The number of halogens is 3. The van der Waals surface area contributed by atoms with Crippen molar-refractivity contribution in [1.29, 1.82) is 0 Å². The van der Waals surface area contributed by atoms with Gasteiger partial charge in [-0.1, -0.05) is 88.9 Å². The Hall–Kier alpha value is -4.37. The number of hydrogen-bond acceptors (Lipinski definition) is 3. The molecule has 7 rings (SSSR count). The van der Waals surface area contributed by atoms with Gasteiger partial charge in [0.25, 0.3) is 5.82 Å². The van der Waals surface area contributed by atoms with Crippen LogP contribution in [0.5, 0.6) is 0 Å². The summed E-state index contributed by atoms with van der Waals surface area (Å²) >= 11 is 0. The highest BCUT2D eigenvalue weighted by Gasteiger charge is 2.52. The molecule has 0 fully saturated rings. The number of rotatable bonds is 6. The molecule has 0 N–H and O–H groups in total. The first-order valence-electron chi connectivity index (χ1n) is 17.3. The second-order valence-corrected chi connectivity index (χ2v) is 21.0. The molecule has 9 heteroatoms. The lowest BCUT2D eigenvalue weighted by Gasteiger charge is -2.25. The number of fused-ring (bicyclic) bond motifs is 5. The zero-order valence-corrected chi connectivity index (χ0v) is 31.7. The van der Waals surface area contributed by atoms with E-state index in [0.717, 1.165) is 52.6 Å². The predicted molar refractivity (Wildman–Crippen MR) is 200 cm³/mol. The largest absolute Gasteiger partial charge is 0.455 e. The molecule has 3 heterocycles. The van der Waals surface area contributed by atoms with Gasteiger partial charge in [-0.15, -0.1) is 0 Å². The van der Waals surface area contributed by atoms with Gasteiger partial charge in [0.1, 0.15) is 27.8 Å². The standard InChI is InChI=1S/C41H45F3N3O2Si/c1-22(2)27-18-25(50(9,10)11)19-28(23(3)4)36(27)47-32-15-13-12-14-31(32)46(8)38(47)35-24(5)16-17-26-29-20-34-30(21-33(29)48-37(26)35)45-39(49-34)40(6,7)41(42,43)44/h12-23H,1-11H3/q+1. The summed E-state index contributed by atoms with van der Waals surface area (Å²) in [5, 5.41) is 3.07. The summed E-state index contributed by atoms with van der Waals surface area (Å²) in [5.74, 6) is 1.17. The number of alkyl halides is 3. The van der Waals surface area contributed by atoms with E-state index in [1.54, 1.807) is 12.1 Å². The maximum Gasteiger partial charge on any atom is 0.402 e. The molecule has 0 bridgehead atoms. The average Bonchev–Trinajstić information content (AvgIpc) is 3.69. The topological polar surface area (TPSA) is 48.0 Å². The number of oxazole rings is 1. The van der Waals surface area contributed by atoms with Crippen LogP contribution in [0.25, 0.3) is 61.1 Å². The molecule has 0 saturated heterocycles. The third kappa shape index (κ3) is 5.10. The molecule has 0 aliphatic rings. The maximum atomic E-state index is 13.9. The summed E-state index contributed by atoms with van der Waals surface area (Å²) in [4.78, 5) is 4.29. The quantitative estimate of drug-likeness (QED) is 0.128. The zero-order valence-electron chi connectivity index (χ0n) is 30.7. The Bertz CT molecular complexity index is 2440. The Morgan fingerprint density at radius 1 is 0.820 bits per heavy atom. The monoisotopic (exact) mass is 696 g/mol. The zero-order chi connectivity index (χ0) is 36.2. The van der Waals surface area contributed by atoms with Gasteiger partial charge in [0, 0.05) is 28.0 Å². The Kier molecular flexibility index (Phi) is 7.72. The third-order valence-electron chi connectivity index (χ3n) is 10.3. The van der Waals surface area contributed by atoms with E-state index in [0.29, 0.717) is 22.3 Å². The van der Waals surface area contributed by atoms with Crippen molar-refractivity contribution in [3.63, 3.8) is 0 Å². The molecule has 0 spiro atoms. The fourth-order valence-electron chi connectivity index (χ4n) is 7.10. The number of furan rings is 1. The molecule has 0 saturated carbocycles. The molecule has 7 aromatic rings. The molecule has 5 nitrogen and oxygen atoms in total. The van der Waals surface area contributed by atoms with E-state index in [9.17, 15) is 13.2 Å². The smallest absolute Gasteiger partial charge is 0.402 e. The van der Waals surface area contributed by atoms with Crippen LogP contribution in [0.2, 0.25) is 19.6 Å². The first kappa shape index (κ1) is 34.1. The van der Waals surface area contributed by atoms with Gasteiger partial charge in [-0.3, -0.25) is 0 Å². The normalized spacial score (nSPS) is 13.4. The lowest BCUT2D eigenvalue weighted by Crippen LogP contribution is -2.38. The van der Waals surface area contributed by atoms with Crippen LogP contribution in [0.4, 0.5) is 13.2 Å². The summed E-state index contributed by atoms with van der Waals surface area (Å²) in [7, 11) is 0.469. The van der Waals surface area contributed by atoms with Crippen LogP contribution < -0.4 is 9.75 Å². The summed E-state index contributed by atoms with van der Waals surface area (Å²) in [5.41, 5.74) is 7.66. The lowest BCUT2D eigenvalue weighted by atomic mass is 9.92. The number of aromatic nitrogens is 3. The molecular weight excluding hydrogens is 652 g/mol. The van der Waals surface area contributed by atoms with E-state index in [2.05, 4.69) is 118 Å². The van der Waals surface area contributed by atoms with Crippen molar-refractivity contribution in [1.82, 2.24) is 9.55 Å². The molecule has 50 heavy (non-hydrogen) atoms.